The molecule has 2 N–H and O–H groups in total. The van der Waals surface area contributed by atoms with E-state index in [0.717, 1.165) is 118 Å². The van der Waals surface area contributed by atoms with Crippen LogP contribution in [-0.4, -0.2) is 119 Å². The van der Waals surface area contributed by atoms with E-state index in [0.29, 0.717) is 38.3 Å². The predicted octanol–water partition coefficient (Wildman–Crippen LogP) is 4.17. The van der Waals surface area contributed by atoms with Crippen LogP contribution in [0.3, 0.4) is 0 Å². The first-order valence-corrected chi connectivity index (χ1v) is 25.6. The second-order valence-corrected chi connectivity index (χ2v) is 19.2. The van der Waals surface area contributed by atoms with Gasteiger partial charge in [-0.15, -0.1) is 0 Å². The van der Waals surface area contributed by atoms with Gasteiger partial charge in [-0.2, -0.15) is 0 Å². The molecule has 0 atom stereocenters. The molecule has 4 aromatic carbocycles. The summed E-state index contributed by atoms with van der Waals surface area (Å²) in [6, 6.07) is 25.6. The van der Waals surface area contributed by atoms with Crippen molar-refractivity contribution < 1.29 is 97.3 Å². The predicted molar refractivity (Wildman–Crippen MR) is 287 cm³/mol. The summed E-state index contributed by atoms with van der Waals surface area (Å²) in [7, 11) is 7.02. The number of hydrogen-bond donors (Lipinski definition) is 2. The Balaban J connectivity index is 0.000000609. The smallest absolute Gasteiger partial charge is 0.358 e. The second-order valence-electron chi connectivity index (χ2n) is 19.2. The Kier molecular flexibility index (Phi) is 25.8. The van der Waals surface area contributed by atoms with E-state index in [1.165, 1.54) is 33.5 Å². The molecule has 392 valence electrons. The van der Waals surface area contributed by atoms with Crippen molar-refractivity contribution in [2.75, 3.05) is 59.9 Å². The molecule has 4 saturated heterocycles. The zero-order valence-electron chi connectivity index (χ0n) is 45.1. The number of aromatic nitrogens is 2. The van der Waals surface area contributed by atoms with Gasteiger partial charge in [-0.1, -0.05) is 74.2 Å². The van der Waals surface area contributed by atoms with Crippen molar-refractivity contribution in [1.82, 2.24) is 39.4 Å². The molecule has 0 radical (unpaired) electrons. The van der Waals surface area contributed by atoms with E-state index in [-0.39, 0.29) is 123 Å². The Labute approximate surface area is 496 Å². The topological polar surface area (TPSA) is 149 Å². The fraction of sp³-hybridized carbons (Fsp3) is 0.466. The SMILES string of the molecule is CC.CN(C)C=O.Cn1c(=O)n(C)c2cc(C3CCN(CC(=O)N4CCC(C#Cc5ccc(CN6CCC(C(=O)NCc7cccc(F)c7)CC6)c6ccccc56)CC4)CC3)ccc21.O=C1CCCC(=O)N1.[CH3-].[Cs+]. The van der Waals surface area contributed by atoms with Gasteiger partial charge in [0.2, 0.25) is 30.0 Å². The van der Waals surface area contributed by atoms with Crippen LogP contribution in [0, 0.1) is 36.9 Å². The number of piperidine rings is 4. The summed E-state index contributed by atoms with van der Waals surface area (Å²) in [6.45, 7) is 10.6. The molecule has 0 bridgehead atoms. The molecule has 9 rings (SSSR count). The van der Waals surface area contributed by atoms with Gasteiger partial charge in [-0.05, 0) is 135 Å². The van der Waals surface area contributed by atoms with Crippen molar-refractivity contribution in [2.45, 2.75) is 90.6 Å². The van der Waals surface area contributed by atoms with Crippen LogP contribution in [0.5, 0.6) is 0 Å². The average Bonchev–Trinajstić information content (AvgIpc) is 3.61. The molecule has 14 nitrogen and oxygen atoms in total. The maximum atomic E-state index is 13.5. The summed E-state index contributed by atoms with van der Waals surface area (Å²) in [5, 5.41) is 7.58. The van der Waals surface area contributed by atoms with Gasteiger partial charge in [-0.25, -0.2) is 9.18 Å². The van der Waals surface area contributed by atoms with Crippen molar-refractivity contribution in [3.8, 4) is 11.8 Å². The van der Waals surface area contributed by atoms with E-state index in [9.17, 15) is 33.2 Å². The summed E-state index contributed by atoms with van der Waals surface area (Å²) < 4.78 is 16.9. The number of fused-ring (bicyclic) bond motifs is 2. The summed E-state index contributed by atoms with van der Waals surface area (Å²) in [5.74, 6) is 7.45. The van der Waals surface area contributed by atoms with Crippen LogP contribution in [0.1, 0.15) is 99.8 Å². The molecule has 0 spiro atoms. The third kappa shape index (κ3) is 17.5. The van der Waals surface area contributed by atoms with Crippen LogP contribution >= 0.6 is 0 Å². The van der Waals surface area contributed by atoms with Gasteiger partial charge < -0.3 is 22.5 Å². The maximum absolute atomic E-state index is 13.5. The number of benzene rings is 4. The standard InChI is InChI=1S/C47H53FN6O3.C5H7NO2.C3H7NO.C2H6.CH3.Cs/c1-50-43-15-14-38(29-44(43)51(2)47(50)57)35-18-22-53(23-19-35)32-45(55)54-26-16-33(17-27-54)10-11-36-12-13-39(42-9-4-3-8-41(36)42)31-52-24-20-37(21-25-52)46(56)49-30-34-6-5-7-40(48)28-34;7-4-2-1-3-5(8)6-4;1-4(2)3-5;1-2;;/h3-9,12-15,28-29,33,35,37H,16-27,30-32H2,1-2H3,(H,49,56);1-3H2,(H,6,7,8);3H,1-2H3;1-2H3;1H3;/q;;;;-1;+1. The molecular formula is C58H76CsFN8O6. The van der Waals surface area contributed by atoms with E-state index < -0.39 is 0 Å². The van der Waals surface area contributed by atoms with Crippen LogP contribution < -0.4 is 85.2 Å². The Morgan fingerprint density at radius 3 is 2.00 bits per heavy atom. The minimum Gasteiger partial charge on any atom is -0.358 e. The molecule has 5 aromatic rings. The first kappa shape index (κ1) is 62.0. The molecule has 1 aromatic heterocycles. The average molecular weight is 1130 g/mol. The maximum Gasteiger partial charge on any atom is 1.00 e. The number of aryl methyl sites for hydroxylation is 2. The van der Waals surface area contributed by atoms with Gasteiger partial charge in [0.25, 0.3) is 0 Å². The molecule has 4 aliphatic rings. The normalized spacial score (nSPS) is 16.5. The van der Waals surface area contributed by atoms with Crippen molar-refractivity contribution in [3.05, 3.63) is 125 Å². The number of rotatable bonds is 9. The fourth-order valence-electron chi connectivity index (χ4n) is 9.82. The number of imidazole rings is 1. The van der Waals surface area contributed by atoms with Gasteiger partial charge in [-0.3, -0.25) is 48.2 Å². The van der Waals surface area contributed by atoms with Crippen LogP contribution in [0.15, 0.2) is 83.7 Å². The fourth-order valence-corrected chi connectivity index (χ4v) is 9.82. The number of carbonyl (C=O) groups is 5. The molecule has 4 aliphatic heterocycles. The number of carbonyl (C=O) groups excluding carboxylic acids is 5. The summed E-state index contributed by atoms with van der Waals surface area (Å²) >= 11 is 0. The molecule has 0 saturated carbocycles. The van der Waals surface area contributed by atoms with Crippen LogP contribution in [0.25, 0.3) is 21.8 Å². The van der Waals surface area contributed by atoms with Crippen molar-refractivity contribution >= 4 is 51.8 Å². The monoisotopic (exact) mass is 1130 g/mol. The minimum atomic E-state index is -0.289. The number of halogens is 1. The second kappa shape index (κ2) is 30.8. The first-order valence-electron chi connectivity index (χ1n) is 25.6. The minimum absolute atomic E-state index is 0. The largest absolute Gasteiger partial charge is 1.00 e. The quantitative estimate of drug-likeness (QED) is 0.0969. The van der Waals surface area contributed by atoms with E-state index in [2.05, 4.69) is 86.9 Å². The van der Waals surface area contributed by atoms with E-state index in [1.54, 1.807) is 29.3 Å². The van der Waals surface area contributed by atoms with Crippen molar-refractivity contribution in [2.24, 2.45) is 25.9 Å². The van der Waals surface area contributed by atoms with Crippen LogP contribution in [0.4, 0.5) is 4.39 Å². The first-order chi connectivity index (χ1) is 34.8. The Bertz CT molecular complexity index is 2780. The molecule has 5 heterocycles. The Morgan fingerprint density at radius 2 is 1.39 bits per heavy atom. The van der Waals surface area contributed by atoms with Gasteiger partial charge >= 0.3 is 74.6 Å². The number of nitrogens with one attached hydrogen (secondary N) is 2. The molecular weight excluding hydrogens is 1060 g/mol. The van der Waals surface area contributed by atoms with Gasteiger partial charge in [0.05, 0.1) is 17.6 Å². The van der Waals surface area contributed by atoms with Gasteiger partial charge in [0, 0.05) is 84.6 Å². The molecule has 4 fully saturated rings. The Morgan fingerprint density at radius 1 is 0.770 bits per heavy atom. The number of hydrogen-bond acceptors (Lipinski definition) is 8. The third-order valence-electron chi connectivity index (χ3n) is 14.0. The van der Waals surface area contributed by atoms with Crippen LogP contribution in [-0.2, 0) is 51.2 Å². The summed E-state index contributed by atoms with van der Waals surface area (Å²) in [4.78, 5) is 76.9. The molecule has 16 heteroatoms. The molecule has 74 heavy (non-hydrogen) atoms. The van der Waals surface area contributed by atoms with E-state index in [1.807, 2.05) is 38.9 Å². The number of nitrogens with zero attached hydrogens (tertiary/aromatic N) is 6. The Hall–Kier alpha value is -4.58. The zero-order valence-corrected chi connectivity index (χ0v) is 51.3. The number of likely N-dealkylation sites (tertiary alicyclic amines) is 3. The van der Waals surface area contributed by atoms with Crippen molar-refractivity contribution in [1.29, 1.82) is 0 Å². The molecule has 5 amide bonds. The van der Waals surface area contributed by atoms with E-state index in [4.69, 9.17) is 0 Å². The number of amides is 5. The molecule has 0 unspecified atom stereocenters. The summed E-state index contributed by atoms with van der Waals surface area (Å²) in [6.07, 6.45) is 7.87. The van der Waals surface area contributed by atoms with Crippen LogP contribution in [0.2, 0.25) is 0 Å². The van der Waals surface area contributed by atoms with Gasteiger partial charge in [0.1, 0.15) is 5.82 Å². The van der Waals surface area contributed by atoms with Gasteiger partial charge in [0.15, 0.2) is 0 Å². The zero-order chi connectivity index (χ0) is 51.7. The summed E-state index contributed by atoms with van der Waals surface area (Å²) in [5.41, 5.74) is 6.28. The molecule has 0 aliphatic carbocycles. The van der Waals surface area contributed by atoms with E-state index >= 15 is 0 Å². The van der Waals surface area contributed by atoms with Crippen molar-refractivity contribution in [3.63, 3.8) is 0 Å². The number of imide groups is 1. The third-order valence-corrected chi connectivity index (χ3v) is 14.0.